The van der Waals surface area contributed by atoms with E-state index < -0.39 is 17.6 Å². The van der Waals surface area contributed by atoms with Gasteiger partial charge in [0.05, 0.1) is 0 Å². The van der Waals surface area contributed by atoms with E-state index in [-0.39, 0.29) is 15.9 Å². The van der Waals surface area contributed by atoms with Gasteiger partial charge in [0.25, 0.3) is 0 Å². The van der Waals surface area contributed by atoms with E-state index in [2.05, 4.69) is 0 Å². The van der Waals surface area contributed by atoms with Crippen LogP contribution in [0, 0.1) is 0 Å². The van der Waals surface area contributed by atoms with Crippen LogP contribution in [0.4, 0.5) is 0 Å². The van der Waals surface area contributed by atoms with Crippen molar-refractivity contribution in [2.75, 3.05) is 0 Å². The van der Waals surface area contributed by atoms with Crippen LogP contribution in [0.25, 0.3) is 0 Å². The maximum atomic E-state index is 11.6. The van der Waals surface area contributed by atoms with Crippen molar-refractivity contribution in [1.82, 2.24) is 0 Å². The summed E-state index contributed by atoms with van der Waals surface area (Å²) in [5, 5.41) is 9.84. The highest BCUT2D eigenvalue weighted by molar-refractivity contribution is 6.36. The topological polar surface area (TPSA) is 72.5 Å². The molecule has 0 fully saturated rings. The molecule has 6 heteroatoms. The van der Waals surface area contributed by atoms with E-state index in [1.54, 1.807) is 18.2 Å². The van der Waals surface area contributed by atoms with E-state index in [1.807, 2.05) is 0 Å². The highest BCUT2D eigenvalue weighted by atomic mass is 35.5. The van der Waals surface area contributed by atoms with Crippen LogP contribution in [-0.2, 0) is 9.53 Å². The number of hydrogen-bond donors (Lipinski definition) is 2. The zero-order valence-electron chi connectivity index (χ0n) is 7.91. The molecule has 1 aliphatic heterocycles. The first kappa shape index (κ1) is 11.1. The molecule has 0 aliphatic carbocycles. The van der Waals surface area contributed by atoms with Crippen LogP contribution in [-0.4, -0.2) is 10.9 Å². The van der Waals surface area contributed by atoms with Crippen LogP contribution < -0.4 is 5.73 Å². The first-order valence-electron chi connectivity index (χ1n) is 4.36. The van der Waals surface area contributed by atoms with Gasteiger partial charge in [0.15, 0.2) is 6.10 Å². The van der Waals surface area contributed by atoms with Gasteiger partial charge in [-0.2, -0.15) is 0 Å². The molecule has 0 saturated carbocycles. The summed E-state index contributed by atoms with van der Waals surface area (Å²) in [5.74, 6) is -1.56. The molecule has 3 N–H and O–H groups in total. The molecule has 0 amide bonds. The summed E-state index contributed by atoms with van der Waals surface area (Å²) in [5.41, 5.74) is 5.61. The van der Waals surface area contributed by atoms with Crippen molar-refractivity contribution in [1.29, 1.82) is 0 Å². The Morgan fingerprint density at radius 1 is 1.31 bits per heavy atom. The fourth-order valence-electron chi connectivity index (χ4n) is 1.43. The van der Waals surface area contributed by atoms with Crippen LogP contribution >= 0.6 is 23.2 Å². The summed E-state index contributed by atoms with van der Waals surface area (Å²) in [7, 11) is 0. The van der Waals surface area contributed by atoms with Gasteiger partial charge in [0.2, 0.25) is 17.4 Å². The van der Waals surface area contributed by atoms with E-state index >= 15 is 0 Å². The second-order valence-corrected chi connectivity index (χ2v) is 4.02. The van der Waals surface area contributed by atoms with Gasteiger partial charge in [-0.05, 0) is 12.1 Å². The number of carbonyl (C=O) groups excluding carboxylic acids is 1. The Balaban J connectivity index is 2.46. The molecule has 0 radical (unpaired) electrons. The van der Waals surface area contributed by atoms with Gasteiger partial charge < -0.3 is 15.6 Å². The Bertz CT molecular complexity index is 479. The van der Waals surface area contributed by atoms with Gasteiger partial charge in [-0.1, -0.05) is 29.3 Å². The number of ether oxygens (including phenoxy) is 1. The molecule has 0 bridgehead atoms. The smallest absolute Gasteiger partial charge is 0.247 e. The monoisotopic (exact) mass is 259 g/mol. The van der Waals surface area contributed by atoms with Gasteiger partial charge in [0.1, 0.15) is 0 Å². The highest BCUT2D eigenvalue weighted by Gasteiger charge is 2.37. The zero-order chi connectivity index (χ0) is 11.9. The number of Topliss-reactive ketones (excluding diaryl/α,β-unsaturated/α-hetero) is 1. The minimum Gasteiger partial charge on any atom is -0.501 e. The number of benzene rings is 1. The fourth-order valence-corrected chi connectivity index (χ4v) is 2.03. The summed E-state index contributed by atoms with van der Waals surface area (Å²) in [6.07, 6.45) is -1.07. The molecular weight excluding hydrogens is 253 g/mol. The molecule has 0 saturated heterocycles. The molecular formula is C10H7Cl2NO3. The number of rotatable bonds is 1. The minimum absolute atomic E-state index is 0.286. The molecule has 0 unspecified atom stereocenters. The van der Waals surface area contributed by atoms with Crippen molar-refractivity contribution in [3.8, 4) is 0 Å². The van der Waals surface area contributed by atoms with Crippen LogP contribution in [0.15, 0.2) is 29.8 Å². The number of halogens is 2. The van der Waals surface area contributed by atoms with Gasteiger partial charge in [0, 0.05) is 15.6 Å². The summed E-state index contributed by atoms with van der Waals surface area (Å²) < 4.78 is 5.02. The summed E-state index contributed by atoms with van der Waals surface area (Å²) in [6, 6.07) is 4.79. The summed E-state index contributed by atoms with van der Waals surface area (Å²) in [4.78, 5) is 11.6. The lowest BCUT2D eigenvalue weighted by Crippen LogP contribution is -2.11. The van der Waals surface area contributed by atoms with E-state index in [1.165, 1.54) is 0 Å². The standard InChI is InChI=1S/C10H7Cl2NO3/c11-4-2-1-3-5(12)6(4)9-7(14)8(15)10(13)16-9/h1-3,9,15H,13H2/t9-/m1/s1. The van der Waals surface area contributed by atoms with Crippen LogP contribution in [0.5, 0.6) is 0 Å². The summed E-state index contributed by atoms with van der Waals surface area (Å²) in [6.45, 7) is 0. The van der Waals surface area contributed by atoms with Crippen LogP contribution in [0.3, 0.4) is 0 Å². The van der Waals surface area contributed by atoms with Crippen molar-refractivity contribution >= 4 is 29.0 Å². The fraction of sp³-hybridized carbons (Fsp3) is 0.100. The largest absolute Gasteiger partial charge is 0.501 e. The third kappa shape index (κ3) is 1.60. The quantitative estimate of drug-likeness (QED) is 0.812. The average Bonchev–Trinajstić information content (AvgIpc) is 2.47. The highest BCUT2D eigenvalue weighted by Crippen LogP contribution is 2.37. The first-order chi connectivity index (χ1) is 7.52. The molecule has 1 heterocycles. The van der Waals surface area contributed by atoms with E-state index in [0.717, 1.165) is 0 Å². The van der Waals surface area contributed by atoms with Gasteiger partial charge in [-0.3, -0.25) is 4.79 Å². The molecule has 84 valence electrons. The zero-order valence-corrected chi connectivity index (χ0v) is 9.42. The van der Waals surface area contributed by atoms with Gasteiger partial charge in [-0.25, -0.2) is 0 Å². The Morgan fingerprint density at radius 3 is 2.31 bits per heavy atom. The summed E-state index contributed by atoms with van der Waals surface area (Å²) >= 11 is 11.8. The number of ketones is 1. The molecule has 1 aliphatic rings. The normalized spacial score (nSPS) is 20.1. The Hall–Kier alpha value is -1.39. The van der Waals surface area contributed by atoms with Crippen molar-refractivity contribution in [3.63, 3.8) is 0 Å². The van der Waals surface area contributed by atoms with Crippen molar-refractivity contribution < 1.29 is 14.6 Å². The third-order valence-corrected chi connectivity index (χ3v) is 2.87. The van der Waals surface area contributed by atoms with Crippen molar-refractivity contribution in [3.05, 3.63) is 45.5 Å². The van der Waals surface area contributed by atoms with E-state index in [0.29, 0.717) is 5.56 Å². The molecule has 1 aromatic rings. The van der Waals surface area contributed by atoms with Gasteiger partial charge >= 0.3 is 0 Å². The Labute approximate surface area is 101 Å². The Morgan fingerprint density at radius 2 is 1.88 bits per heavy atom. The second kappa shape index (κ2) is 3.88. The molecule has 4 nitrogen and oxygen atoms in total. The number of carbonyl (C=O) groups is 1. The van der Waals surface area contributed by atoms with Crippen LogP contribution in [0.1, 0.15) is 11.7 Å². The number of hydrogen-bond acceptors (Lipinski definition) is 4. The maximum absolute atomic E-state index is 11.6. The SMILES string of the molecule is NC1=C(O)C(=O)[C@@H](c2c(Cl)cccc2Cl)O1. The molecule has 0 aromatic heterocycles. The molecule has 16 heavy (non-hydrogen) atoms. The molecule has 2 rings (SSSR count). The third-order valence-electron chi connectivity index (χ3n) is 2.21. The van der Waals surface area contributed by atoms with E-state index in [4.69, 9.17) is 33.7 Å². The average molecular weight is 260 g/mol. The molecule has 1 atom stereocenters. The minimum atomic E-state index is -1.07. The maximum Gasteiger partial charge on any atom is 0.247 e. The predicted molar refractivity (Wildman–Crippen MR) is 59.1 cm³/mol. The van der Waals surface area contributed by atoms with Crippen LogP contribution in [0.2, 0.25) is 10.0 Å². The second-order valence-electron chi connectivity index (χ2n) is 3.21. The lowest BCUT2D eigenvalue weighted by Gasteiger charge is -2.13. The number of aliphatic hydroxyl groups is 1. The van der Waals surface area contributed by atoms with E-state index in [9.17, 15) is 9.90 Å². The predicted octanol–water partition coefficient (Wildman–Crippen LogP) is 2.32. The number of nitrogens with two attached hydrogens (primary N) is 1. The van der Waals surface area contributed by atoms with Crippen molar-refractivity contribution in [2.24, 2.45) is 5.73 Å². The molecule has 0 spiro atoms. The molecule has 1 aromatic carbocycles. The number of aliphatic hydroxyl groups excluding tert-OH is 1. The Kier molecular flexibility index (Phi) is 2.69. The first-order valence-corrected chi connectivity index (χ1v) is 5.11. The lowest BCUT2D eigenvalue weighted by molar-refractivity contribution is -0.123. The van der Waals surface area contributed by atoms with Crippen molar-refractivity contribution in [2.45, 2.75) is 6.10 Å². The lowest BCUT2D eigenvalue weighted by atomic mass is 10.1. The van der Waals surface area contributed by atoms with Gasteiger partial charge in [-0.15, -0.1) is 0 Å².